The number of carbonyl (C=O) groups is 1. The molecule has 1 saturated heterocycles. The molecule has 2 N–H and O–H groups in total. The van der Waals surface area contributed by atoms with E-state index in [4.69, 9.17) is 0 Å². The van der Waals surface area contributed by atoms with Gasteiger partial charge in [-0.1, -0.05) is 6.92 Å². The molecule has 5 nitrogen and oxygen atoms in total. The van der Waals surface area contributed by atoms with Crippen molar-refractivity contribution in [1.82, 2.24) is 15.2 Å². The van der Waals surface area contributed by atoms with Crippen LogP contribution in [0.1, 0.15) is 36.5 Å². The lowest BCUT2D eigenvalue weighted by Crippen LogP contribution is -2.46. The van der Waals surface area contributed by atoms with E-state index in [0.29, 0.717) is 5.56 Å². The van der Waals surface area contributed by atoms with Gasteiger partial charge in [0.1, 0.15) is 5.75 Å². The number of piperidine rings is 1. The molecule has 0 unspecified atom stereocenters. The first kappa shape index (κ1) is 13.8. The van der Waals surface area contributed by atoms with Gasteiger partial charge in [-0.2, -0.15) is 0 Å². The zero-order chi connectivity index (χ0) is 13.7. The van der Waals surface area contributed by atoms with Gasteiger partial charge in [0.25, 0.3) is 5.91 Å². The van der Waals surface area contributed by atoms with Crippen LogP contribution in [0.25, 0.3) is 0 Å². The largest absolute Gasteiger partial charge is 0.505 e. The van der Waals surface area contributed by atoms with Crippen molar-refractivity contribution in [3.05, 3.63) is 24.0 Å². The summed E-state index contributed by atoms with van der Waals surface area (Å²) in [5.74, 6) is -0.129. The summed E-state index contributed by atoms with van der Waals surface area (Å²) in [5.41, 5.74) is 0.349. The van der Waals surface area contributed by atoms with Gasteiger partial charge in [-0.05, 0) is 38.4 Å². The summed E-state index contributed by atoms with van der Waals surface area (Å²) in [6.45, 7) is 4.68. The number of aromatic hydroxyl groups is 1. The number of amides is 1. The zero-order valence-electron chi connectivity index (χ0n) is 11.3. The highest BCUT2D eigenvalue weighted by Crippen LogP contribution is 2.21. The molecular formula is C14H21N3O2. The van der Waals surface area contributed by atoms with Gasteiger partial charge in [0.05, 0.1) is 11.8 Å². The van der Waals surface area contributed by atoms with Gasteiger partial charge < -0.3 is 15.3 Å². The summed E-state index contributed by atoms with van der Waals surface area (Å²) in [6.07, 6.45) is 5.72. The topological polar surface area (TPSA) is 65.5 Å². The molecule has 0 spiro atoms. The van der Waals surface area contributed by atoms with Gasteiger partial charge in [0.15, 0.2) is 0 Å². The minimum atomic E-state index is -0.0892. The fourth-order valence-electron chi connectivity index (χ4n) is 2.53. The monoisotopic (exact) mass is 263 g/mol. The van der Waals surface area contributed by atoms with E-state index in [1.54, 1.807) is 12.3 Å². The minimum absolute atomic E-state index is 0.0393. The third kappa shape index (κ3) is 3.23. The Bertz CT molecular complexity index is 430. The first-order chi connectivity index (χ1) is 9.24. The molecule has 2 heterocycles. The third-order valence-electron chi connectivity index (χ3n) is 3.51. The predicted octanol–water partition coefficient (Wildman–Crippen LogP) is 1.39. The van der Waals surface area contributed by atoms with Gasteiger partial charge in [-0.25, -0.2) is 0 Å². The van der Waals surface area contributed by atoms with E-state index in [1.165, 1.54) is 6.20 Å². The molecular weight excluding hydrogens is 242 g/mol. The SMILES string of the molecule is CCCN(C(=O)c1ccncc1O)C1CCNCC1. The van der Waals surface area contributed by atoms with Crippen molar-refractivity contribution >= 4 is 5.91 Å². The van der Waals surface area contributed by atoms with Gasteiger partial charge in [-0.15, -0.1) is 0 Å². The van der Waals surface area contributed by atoms with Gasteiger partial charge in [0, 0.05) is 18.8 Å². The molecule has 1 aliphatic rings. The molecule has 1 amide bonds. The lowest BCUT2D eigenvalue weighted by molar-refractivity contribution is 0.0639. The van der Waals surface area contributed by atoms with Crippen LogP contribution < -0.4 is 5.32 Å². The van der Waals surface area contributed by atoms with Crippen LogP contribution in [0.3, 0.4) is 0 Å². The van der Waals surface area contributed by atoms with Gasteiger partial charge in [0.2, 0.25) is 0 Å². The Labute approximate surface area is 113 Å². The van der Waals surface area contributed by atoms with Crippen molar-refractivity contribution in [1.29, 1.82) is 0 Å². The molecule has 0 radical (unpaired) electrons. The van der Waals surface area contributed by atoms with E-state index in [-0.39, 0.29) is 17.7 Å². The van der Waals surface area contributed by atoms with E-state index in [9.17, 15) is 9.90 Å². The molecule has 0 aliphatic carbocycles. The summed E-state index contributed by atoms with van der Waals surface area (Å²) >= 11 is 0. The van der Waals surface area contributed by atoms with E-state index in [2.05, 4.69) is 17.2 Å². The molecule has 2 rings (SSSR count). The molecule has 0 saturated carbocycles. The maximum Gasteiger partial charge on any atom is 0.257 e. The van der Waals surface area contributed by atoms with Gasteiger partial charge >= 0.3 is 0 Å². The van der Waals surface area contributed by atoms with E-state index < -0.39 is 0 Å². The number of rotatable bonds is 4. The van der Waals surface area contributed by atoms with Gasteiger partial charge in [-0.3, -0.25) is 9.78 Å². The highest BCUT2D eigenvalue weighted by molar-refractivity contribution is 5.96. The Morgan fingerprint density at radius 3 is 2.89 bits per heavy atom. The van der Waals surface area contributed by atoms with Crippen LogP contribution in [0.15, 0.2) is 18.5 Å². The van der Waals surface area contributed by atoms with Crippen molar-refractivity contribution in [2.45, 2.75) is 32.2 Å². The summed E-state index contributed by atoms with van der Waals surface area (Å²) < 4.78 is 0. The quantitative estimate of drug-likeness (QED) is 0.861. The summed E-state index contributed by atoms with van der Waals surface area (Å²) in [7, 11) is 0. The second-order valence-corrected chi connectivity index (χ2v) is 4.87. The Morgan fingerprint density at radius 2 is 2.26 bits per heavy atom. The molecule has 1 fully saturated rings. The Hall–Kier alpha value is -1.62. The van der Waals surface area contributed by atoms with Crippen molar-refractivity contribution in [3.63, 3.8) is 0 Å². The fraction of sp³-hybridized carbons (Fsp3) is 0.571. The minimum Gasteiger partial charge on any atom is -0.505 e. The number of aromatic nitrogens is 1. The Morgan fingerprint density at radius 1 is 1.53 bits per heavy atom. The number of carbonyl (C=O) groups excluding carboxylic acids is 1. The van der Waals surface area contributed by atoms with Crippen LogP contribution in [-0.2, 0) is 0 Å². The number of nitrogens with one attached hydrogen (secondary N) is 1. The average Bonchev–Trinajstić information content (AvgIpc) is 2.45. The number of hydrogen-bond donors (Lipinski definition) is 2. The summed E-state index contributed by atoms with van der Waals surface area (Å²) in [4.78, 5) is 18.3. The molecule has 1 aromatic rings. The van der Waals surface area contributed by atoms with Crippen LogP contribution in [0, 0.1) is 0 Å². The molecule has 0 atom stereocenters. The Balaban J connectivity index is 2.18. The number of pyridine rings is 1. The smallest absolute Gasteiger partial charge is 0.257 e. The molecule has 104 valence electrons. The molecule has 0 aromatic carbocycles. The first-order valence-corrected chi connectivity index (χ1v) is 6.88. The van der Waals surface area contributed by atoms with Crippen LogP contribution in [0.5, 0.6) is 5.75 Å². The normalized spacial score (nSPS) is 16.3. The molecule has 5 heteroatoms. The zero-order valence-corrected chi connectivity index (χ0v) is 11.3. The second-order valence-electron chi connectivity index (χ2n) is 4.87. The van der Waals surface area contributed by atoms with Crippen LogP contribution in [0.4, 0.5) is 0 Å². The van der Waals surface area contributed by atoms with Crippen molar-refractivity contribution < 1.29 is 9.90 Å². The Kier molecular flexibility index (Phi) is 4.74. The van der Waals surface area contributed by atoms with Crippen molar-refractivity contribution in [3.8, 4) is 5.75 Å². The maximum atomic E-state index is 12.6. The van der Waals surface area contributed by atoms with E-state index >= 15 is 0 Å². The van der Waals surface area contributed by atoms with E-state index in [0.717, 1.165) is 38.9 Å². The lowest BCUT2D eigenvalue weighted by Gasteiger charge is -2.34. The maximum absolute atomic E-state index is 12.6. The van der Waals surface area contributed by atoms with Crippen molar-refractivity contribution in [2.75, 3.05) is 19.6 Å². The van der Waals surface area contributed by atoms with E-state index in [1.807, 2.05) is 4.90 Å². The molecule has 1 aromatic heterocycles. The predicted molar refractivity (Wildman–Crippen MR) is 73.1 cm³/mol. The second kappa shape index (κ2) is 6.52. The highest BCUT2D eigenvalue weighted by atomic mass is 16.3. The number of nitrogens with zero attached hydrogens (tertiary/aromatic N) is 2. The first-order valence-electron chi connectivity index (χ1n) is 6.88. The van der Waals surface area contributed by atoms with Crippen LogP contribution in [-0.4, -0.2) is 46.6 Å². The lowest BCUT2D eigenvalue weighted by atomic mass is 10.0. The average molecular weight is 263 g/mol. The third-order valence-corrected chi connectivity index (χ3v) is 3.51. The summed E-state index contributed by atoms with van der Waals surface area (Å²) in [5, 5.41) is 13.1. The van der Waals surface area contributed by atoms with Crippen LogP contribution in [0.2, 0.25) is 0 Å². The number of hydrogen-bond acceptors (Lipinski definition) is 4. The standard InChI is InChI=1S/C14H21N3O2/c1-2-9-17(11-3-6-15-7-4-11)14(19)12-5-8-16-10-13(12)18/h5,8,10-11,15,18H,2-4,6-7,9H2,1H3. The fourth-order valence-corrected chi connectivity index (χ4v) is 2.53. The van der Waals surface area contributed by atoms with Crippen molar-refractivity contribution in [2.24, 2.45) is 0 Å². The molecule has 19 heavy (non-hydrogen) atoms. The summed E-state index contributed by atoms with van der Waals surface area (Å²) in [6, 6.07) is 1.85. The molecule has 1 aliphatic heterocycles. The molecule has 0 bridgehead atoms. The highest BCUT2D eigenvalue weighted by Gasteiger charge is 2.26. The van der Waals surface area contributed by atoms with Crippen LogP contribution >= 0.6 is 0 Å².